The lowest BCUT2D eigenvalue weighted by molar-refractivity contribution is 0.163. The van der Waals surface area contributed by atoms with Gasteiger partial charge in [0.25, 0.3) is 0 Å². The van der Waals surface area contributed by atoms with Crippen LogP contribution in [-0.4, -0.2) is 30.5 Å². The number of aliphatic imine (C=N–C) groups is 1. The third-order valence-electron chi connectivity index (χ3n) is 3.97. The van der Waals surface area contributed by atoms with E-state index in [2.05, 4.69) is 23.9 Å². The van der Waals surface area contributed by atoms with E-state index in [-0.39, 0.29) is 0 Å². The van der Waals surface area contributed by atoms with Crippen LogP contribution in [0.3, 0.4) is 0 Å². The molecule has 1 aliphatic carbocycles. The van der Waals surface area contributed by atoms with Crippen molar-refractivity contribution in [3.8, 4) is 0 Å². The Morgan fingerprint density at radius 3 is 2.64 bits per heavy atom. The molecular formula is C11H21N3. The van der Waals surface area contributed by atoms with Crippen molar-refractivity contribution >= 4 is 5.96 Å². The molecule has 3 heteroatoms. The van der Waals surface area contributed by atoms with Gasteiger partial charge in [-0.3, -0.25) is 4.99 Å². The first-order chi connectivity index (χ1) is 6.70. The summed E-state index contributed by atoms with van der Waals surface area (Å²) in [6.07, 6.45) is 5.54. The van der Waals surface area contributed by atoms with Gasteiger partial charge in [-0.05, 0) is 18.3 Å². The third kappa shape index (κ3) is 1.60. The van der Waals surface area contributed by atoms with Gasteiger partial charge in [-0.2, -0.15) is 0 Å². The van der Waals surface area contributed by atoms with Crippen LogP contribution in [0.25, 0.3) is 0 Å². The fourth-order valence-corrected chi connectivity index (χ4v) is 2.93. The van der Waals surface area contributed by atoms with Crippen LogP contribution in [0.1, 0.15) is 32.6 Å². The fraction of sp³-hybridized carbons (Fsp3) is 0.909. The van der Waals surface area contributed by atoms with E-state index in [9.17, 15) is 0 Å². The van der Waals surface area contributed by atoms with Crippen molar-refractivity contribution < 1.29 is 0 Å². The molecular weight excluding hydrogens is 174 g/mol. The zero-order valence-corrected chi connectivity index (χ0v) is 9.24. The molecule has 0 aromatic heterocycles. The van der Waals surface area contributed by atoms with Gasteiger partial charge in [0.05, 0.1) is 12.6 Å². The summed E-state index contributed by atoms with van der Waals surface area (Å²) in [6, 6.07) is 0.574. The lowest BCUT2D eigenvalue weighted by Crippen LogP contribution is -2.44. The Kier molecular flexibility index (Phi) is 2.66. The van der Waals surface area contributed by atoms with E-state index < -0.39 is 0 Å². The molecule has 3 atom stereocenters. The second-order valence-corrected chi connectivity index (χ2v) is 4.80. The second-order valence-electron chi connectivity index (χ2n) is 4.80. The summed E-state index contributed by atoms with van der Waals surface area (Å²) in [6.45, 7) is 3.30. The number of likely N-dealkylation sites (N-methyl/N-ethyl adjacent to an activating group) is 1. The molecule has 2 rings (SSSR count). The Labute approximate surface area is 86.4 Å². The molecule has 2 aliphatic rings. The van der Waals surface area contributed by atoms with E-state index in [1.807, 2.05) is 0 Å². The maximum Gasteiger partial charge on any atom is 0.191 e. The number of nitrogens with zero attached hydrogens (tertiary/aromatic N) is 2. The molecule has 0 radical (unpaired) electrons. The minimum Gasteiger partial charge on any atom is -0.370 e. The number of rotatable bonds is 1. The quantitative estimate of drug-likeness (QED) is 0.688. The average Bonchev–Trinajstić information content (AvgIpc) is 2.49. The van der Waals surface area contributed by atoms with Crippen LogP contribution >= 0.6 is 0 Å². The molecule has 3 nitrogen and oxygen atoms in total. The normalized spacial score (nSPS) is 38.6. The fourth-order valence-electron chi connectivity index (χ4n) is 2.93. The summed E-state index contributed by atoms with van der Waals surface area (Å²) in [5.74, 6) is 2.38. The molecule has 0 bridgehead atoms. The van der Waals surface area contributed by atoms with Gasteiger partial charge in [0.2, 0.25) is 0 Å². The zero-order chi connectivity index (χ0) is 10.1. The highest BCUT2D eigenvalue weighted by atomic mass is 15.3. The monoisotopic (exact) mass is 195 g/mol. The van der Waals surface area contributed by atoms with E-state index >= 15 is 0 Å². The van der Waals surface area contributed by atoms with E-state index in [1.165, 1.54) is 25.7 Å². The Balaban J connectivity index is 2.01. The van der Waals surface area contributed by atoms with Crippen molar-refractivity contribution in [2.75, 3.05) is 13.6 Å². The lowest BCUT2D eigenvalue weighted by atomic mass is 9.76. The predicted octanol–water partition coefficient (Wildman–Crippen LogP) is 1.44. The second kappa shape index (κ2) is 3.79. The first kappa shape index (κ1) is 9.81. The van der Waals surface area contributed by atoms with Gasteiger partial charge in [-0.1, -0.05) is 26.2 Å². The van der Waals surface area contributed by atoms with Crippen LogP contribution in [0.5, 0.6) is 0 Å². The molecule has 3 unspecified atom stereocenters. The molecule has 0 aromatic carbocycles. The highest BCUT2D eigenvalue weighted by Crippen LogP contribution is 2.34. The summed E-state index contributed by atoms with van der Waals surface area (Å²) >= 11 is 0. The maximum absolute atomic E-state index is 5.80. The van der Waals surface area contributed by atoms with Crippen molar-refractivity contribution in [3.05, 3.63) is 0 Å². The van der Waals surface area contributed by atoms with Crippen LogP contribution in [0.2, 0.25) is 0 Å². The largest absolute Gasteiger partial charge is 0.370 e. The Hall–Kier alpha value is -0.730. The van der Waals surface area contributed by atoms with Gasteiger partial charge in [-0.25, -0.2) is 0 Å². The van der Waals surface area contributed by atoms with Gasteiger partial charge in [-0.15, -0.1) is 0 Å². The summed E-state index contributed by atoms with van der Waals surface area (Å²) in [5, 5.41) is 0. The van der Waals surface area contributed by atoms with Crippen molar-refractivity contribution in [2.24, 2.45) is 22.6 Å². The highest BCUT2D eigenvalue weighted by molar-refractivity contribution is 5.79. The number of guanidine groups is 1. The predicted molar refractivity (Wildman–Crippen MR) is 59.2 cm³/mol. The van der Waals surface area contributed by atoms with Crippen molar-refractivity contribution in [1.29, 1.82) is 0 Å². The molecule has 0 spiro atoms. The lowest BCUT2D eigenvalue weighted by Gasteiger charge is -2.36. The molecule has 0 aromatic rings. The van der Waals surface area contributed by atoms with Gasteiger partial charge < -0.3 is 10.6 Å². The van der Waals surface area contributed by atoms with E-state index in [0.717, 1.165) is 24.3 Å². The SMILES string of the molecule is CC1CCCCC1C1CN=C(N)N1C. The molecule has 1 saturated carbocycles. The third-order valence-corrected chi connectivity index (χ3v) is 3.97. The van der Waals surface area contributed by atoms with Crippen molar-refractivity contribution in [3.63, 3.8) is 0 Å². The average molecular weight is 195 g/mol. The zero-order valence-electron chi connectivity index (χ0n) is 9.24. The maximum atomic E-state index is 5.80. The molecule has 14 heavy (non-hydrogen) atoms. The van der Waals surface area contributed by atoms with Gasteiger partial charge >= 0.3 is 0 Å². The summed E-state index contributed by atoms with van der Waals surface area (Å²) in [4.78, 5) is 6.50. The van der Waals surface area contributed by atoms with Crippen LogP contribution in [0.15, 0.2) is 4.99 Å². The first-order valence-corrected chi connectivity index (χ1v) is 5.73. The van der Waals surface area contributed by atoms with E-state index in [1.54, 1.807) is 0 Å². The molecule has 1 heterocycles. The Morgan fingerprint density at radius 1 is 1.36 bits per heavy atom. The van der Waals surface area contributed by atoms with Gasteiger partial charge in [0.15, 0.2) is 5.96 Å². The standard InChI is InChI=1S/C11H21N3/c1-8-5-3-4-6-9(8)10-7-13-11(12)14(10)2/h8-10H,3-7H2,1-2H3,(H2,12,13). The minimum absolute atomic E-state index is 0.574. The number of hydrogen-bond donors (Lipinski definition) is 1. The van der Waals surface area contributed by atoms with Gasteiger partial charge in [0.1, 0.15) is 0 Å². The summed E-state index contributed by atoms with van der Waals surface area (Å²) in [5.41, 5.74) is 5.80. The smallest absolute Gasteiger partial charge is 0.191 e. The molecule has 1 fully saturated rings. The Morgan fingerprint density at radius 2 is 2.07 bits per heavy atom. The van der Waals surface area contributed by atoms with Gasteiger partial charge in [0, 0.05) is 7.05 Å². The van der Waals surface area contributed by atoms with Crippen LogP contribution in [-0.2, 0) is 0 Å². The number of nitrogens with two attached hydrogens (primary N) is 1. The van der Waals surface area contributed by atoms with Crippen molar-refractivity contribution in [1.82, 2.24) is 4.90 Å². The molecule has 2 N–H and O–H groups in total. The van der Waals surface area contributed by atoms with E-state index in [0.29, 0.717) is 6.04 Å². The Bertz CT molecular complexity index is 237. The molecule has 0 saturated heterocycles. The van der Waals surface area contributed by atoms with Crippen molar-refractivity contribution in [2.45, 2.75) is 38.6 Å². The molecule has 80 valence electrons. The summed E-state index contributed by atoms with van der Waals surface area (Å²) < 4.78 is 0. The number of hydrogen-bond acceptors (Lipinski definition) is 3. The van der Waals surface area contributed by atoms with Crippen LogP contribution in [0, 0.1) is 11.8 Å². The van der Waals surface area contributed by atoms with Crippen LogP contribution < -0.4 is 5.73 Å². The molecule has 0 amide bonds. The van der Waals surface area contributed by atoms with E-state index in [4.69, 9.17) is 5.73 Å². The first-order valence-electron chi connectivity index (χ1n) is 5.73. The summed E-state index contributed by atoms with van der Waals surface area (Å²) in [7, 11) is 2.08. The molecule has 1 aliphatic heterocycles. The van der Waals surface area contributed by atoms with Crippen LogP contribution in [0.4, 0.5) is 0 Å². The topological polar surface area (TPSA) is 41.6 Å². The minimum atomic E-state index is 0.574. The highest BCUT2D eigenvalue weighted by Gasteiger charge is 2.34.